The molecule has 0 fully saturated rings. The molecule has 0 saturated heterocycles. The van der Waals surface area contributed by atoms with Crippen LogP contribution in [0.15, 0.2) is 0 Å². The molecular formula is C7H22Cl3N3O2. The van der Waals surface area contributed by atoms with Gasteiger partial charge in [0, 0.05) is 6.42 Å². The molecule has 0 heterocycles. The molecule has 0 unspecified atom stereocenters. The summed E-state index contributed by atoms with van der Waals surface area (Å²) >= 11 is 0. The van der Waals surface area contributed by atoms with Crippen molar-refractivity contribution in [3.63, 3.8) is 0 Å². The molecule has 0 rings (SSSR count). The second-order valence-corrected chi connectivity index (χ2v) is 2.94. The van der Waals surface area contributed by atoms with Crippen LogP contribution < -0.4 is 54.0 Å². The molecule has 0 bridgehead atoms. The molecule has 2 atom stereocenters. The summed E-state index contributed by atoms with van der Waals surface area (Å²) in [6, 6.07) is 0. The summed E-state index contributed by atoms with van der Waals surface area (Å²) in [6.07, 6.45) is -0.277. The fraction of sp³-hybridized carbons (Fsp3) is 1.00. The lowest BCUT2D eigenvalue weighted by atomic mass is 10.2. The molecule has 15 heavy (non-hydrogen) atoms. The van der Waals surface area contributed by atoms with E-state index in [1.165, 1.54) is 0 Å². The fourth-order valence-electron chi connectivity index (χ4n) is 0.927. The average molecular weight is 287 g/mol. The van der Waals surface area contributed by atoms with Gasteiger partial charge in [0.2, 0.25) is 0 Å². The van der Waals surface area contributed by atoms with Crippen molar-refractivity contribution in [1.82, 2.24) is 0 Å². The smallest absolute Gasteiger partial charge is 0.134 e. The quantitative estimate of drug-likeness (QED) is 0.299. The maximum atomic E-state index is 9.28. The summed E-state index contributed by atoms with van der Waals surface area (Å²) in [6.45, 7) is 2.80. The number of halogens is 3. The van der Waals surface area contributed by atoms with E-state index in [1.54, 1.807) is 0 Å². The maximum Gasteiger partial charge on any atom is 0.134 e. The van der Waals surface area contributed by atoms with E-state index in [0.717, 1.165) is 19.5 Å². The highest BCUT2D eigenvalue weighted by Gasteiger charge is 2.17. The fourth-order valence-corrected chi connectivity index (χ4v) is 0.927. The second-order valence-electron chi connectivity index (χ2n) is 2.94. The van der Waals surface area contributed by atoms with Crippen LogP contribution in [-0.4, -0.2) is 48.6 Å². The first kappa shape index (κ1) is 24.8. The molecule has 0 aliphatic carbocycles. The van der Waals surface area contributed by atoms with Gasteiger partial charge in [-0.05, 0) is 0 Å². The van der Waals surface area contributed by atoms with Gasteiger partial charge in [0.1, 0.15) is 25.3 Å². The monoisotopic (exact) mass is 285 g/mol. The summed E-state index contributed by atoms with van der Waals surface area (Å²) in [7, 11) is 0. The zero-order valence-corrected chi connectivity index (χ0v) is 11.0. The van der Waals surface area contributed by atoms with Crippen molar-refractivity contribution >= 4 is 0 Å². The third-order valence-corrected chi connectivity index (χ3v) is 1.81. The number of aliphatic hydroxyl groups excluding tert-OH is 2. The van der Waals surface area contributed by atoms with Gasteiger partial charge in [-0.3, -0.25) is 0 Å². The van der Waals surface area contributed by atoms with E-state index in [4.69, 9.17) is 5.11 Å². The SMILES string of the molecule is [Cl-].[Cl-].[Cl-].[NH3+]CCC[NH2+]C[C@H](O)[C@H](O)C[NH3+]. The van der Waals surface area contributed by atoms with Gasteiger partial charge in [0.05, 0.1) is 13.1 Å². The standard InChI is InChI=1S/C7H19N3O2.3ClH/c8-2-1-3-10-5-7(12)6(11)4-9;;;/h6-7,10-12H,1-5,8-9H2;3*1H/t6-,7+;;;/m1.../s1. The van der Waals surface area contributed by atoms with E-state index in [0.29, 0.717) is 13.1 Å². The highest BCUT2D eigenvalue weighted by atomic mass is 35.5. The van der Waals surface area contributed by atoms with Crippen molar-refractivity contribution in [1.29, 1.82) is 0 Å². The first-order valence-corrected chi connectivity index (χ1v) is 4.48. The Balaban J connectivity index is -0.000000202. The zero-order valence-electron chi connectivity index (χ0n) is 8.71. The Morgan fingerprint density at radius 1 is 1.00 bits per heavy atom. The normalized spacial score (nSPS) is 12.8. The van der Waals surface area contributed by atoms with Crippen LogP contribution >= 0.6 is 0 Å². The predicted octanol–water partition coefficient (Wildman–Crippen LogP) is -13.8. The zero-order chi connectivity index (χ0) is 9.40. The molecular weight excluding hydrogens is 264 g/mol. The minimum atomic E-state index is -0.680. The Kier molecular flexibility index (Phi) is 28.2. The molecule has 8 heteroatoms. The molecule has 0 aliphatic heterocycles. The van der Waals surface area contributed by atoms with Gasteiger partial charge in [-0.25, -0.2) is 0 Å². The number of nitrogens with two attached hydrogens (primary N) is 1. The predicted molar refractivity (Wildman–Crippen MR) is 43.8 cm³/mol. The van der Waals surface area contributed by atoms with Gasteiger partial charge in [0.25, 0.3) is 0 Å². The Bertz CT molecular complexity index is 113. The topological polar surface area (TPSA) is 112 Å². The van der Waals surface area contributed by atoms with Crippen molar-refractivity contribution in [2.24, 2.45) is 0 Å². The minimum Gasteiger partial charge on any atom is -1.00 e. The lowest BCUT2D eigenvalue weighted by Crippen LogP contribution is -3.00. The van der Waals surface area contributed by atoms with E-state index >= 15 is 0 Å². The third-order valence-electron chi connectivity index (χ3n) is 1.81. The third kappa shape index (κ3) is 14.7. The van der Waals surface area contributed by atoms with Crippen LogP contribution in [-0.2, 0) is 0 Å². The van der Waals surface area contributed by atoms with Crippen LogP contribution in [0.2, 0.25) is 0 Å². The van der Waals surface area contributed by atoms with E-state index in [-0.39, 0.29) is 37.2 Å². The van der Waals surface area contributed by atoms with Crippen LogP contribution in [0.5, 0.6) is 0 Å². The van der Waals surface area contributed by atoms with Crippen molar-refractivity contribution in [3.8, 4) is 0 Å². The molecule has 0 radical (unpaired) electrons. The van der Waals surface area contributed by atoms with Crippen molar-refractivity contribution < 1.29 is 64.2 Å². The second kappa shape index (κ2) is 17.1. The van der Waals surface area contributed by atoms with Crippen LogP contribution in [0.4, 0.5) is 0 Å². The molecule has 0 aromatic heterocycles. The van der Waals surface area contributed by atoms with Gasteiger partial charge in [0.15, 0.2) is 0 Å². The lowest BCUT2D eigenvalue weighted by molar-refractivity contribution is -0.664. The Labute approximate surface area is 109 Å². The first-order valence-electron chi connectivity index (χ1n) is 4.48. The van der Waals surface area contributed by atoms with E-state index in [1.807, 2.05) is 5.32 Å². The molecule has 10 N–H and O–H groups in total. The summed E-state index contributed by atoms with van der Waals surface area (Å²) < 4.78 is 0. The molecule has 0 spiro atoms. The average Bonchev–Trinajstić information content (AvgIpc) is 2.10. The summed E-state index contributed by atoms with van der Waals surface area (Å²) in [4.78, 5) is 0. The molecule has 98 valence electrons. The van der Waals surface area contributed by atoms with Crippen molar-refractivity contribution in [2.75, 3.05) is 26.2 Å². The van der Waals surface area contributed by atoms with Gasteiger partial charge in [-0.2, -0.15) is 0 Å². The van der Waals surface area contributed by atoms with Gasteiger partial charge in [-0.15, -0.1) is 0 Å². The molecule has 0 saturated carbocycles. The Morgan fingerprint density at radius 3 is 1.93 bits per heavy atom. The first-order chi connectivity index (χ1) is 5.72. The molecule has 0 aromatic carbocycles. The number of aliphatic hydroxyl groups is 2. The summed E-state index contributed by atoms with van der Waals surface area (Å²) in [5, 5.41) is 20.4. The Morgan fingerprint density at radius 2 is 1.53 bits per heavy atom. The molecule has 0 aromatic rings. The highest BCUT2D eigenvalue weighted by Crippen LogP contribution is 1.84. The number of hydrogen-bond acceptors (Lipinski definition) is 2. The molecule has 5 nitrogen and oxygen atoms in total. The van der Waals surface area contributed by atoms with Gasteiger partial charge < -0.3 is 64.2 Å². The maximum absolute atomic E-state index is 9.28. The molecule has 0 amide bonds. The lowest BCUT2D eigenvalue weighted by Gasteiger charge is -2.12. The Hall–Kier alpha value is 0.670. The largest absolute Gasteiger partial charge is 1.00 e. The number of rotatable bonds is 7. The highest BCUT2D eigenvalue weighted by molar-refractivity contribution is 4.62. The van der Waals surface area contributed by atoms with E-state index < -0.39 is 12.2 Å². The van der Waals surface area contributed by atoms with Crippen LogP contribution in [0.25, 0.3) is 0 Å². The van der Waals surface area contributed by atoms with Crippen molar-refractivity contribution in [3.05, 3.63) is 0 Å². The van der Waals surface area contributed by atoms with Crippen molar-refractivity contribution in [2.45, 2.75) is 18.6 Å². The minimum absolute atomic E-state index is 0. The number of quaternary nitrogens is 3. The summed E-state index contributed by atoms with van der Waals surface area (Å²) in [5.74, 6) is 0. The van der Waals surface area contributed by atoms with Gasteiger partial charge >= 0.3 is 0 Å². The van der Waals surface area contributed by atoms with Gasteiger partial charge in [-0.1, -0.05) is 0 Å². The van der Waals surface area contributed by atoms with E-state index in [2.05, 4.69) is 11.5 Å². The van der Waals surface area contributed by atoms with Crippen LogP contribution in [0.1, 0.15) is 6.42 Å². The number of hydrogen-bond donors (Lipinski definition) is 5. The van der Waals surface area contributed by atoms with E-state index in [9.17, 15) is 5.11 Å². The van der Waals surface area contributed by atoms with Crippen LogP contribution in [0, 0.1) is 0 Å². The van der Waals surface area contributed by atoms with Crippen LogP contribution in [0.3, 0.4) is 0 Å². The molecule has 0 aliphatic rings. The summed E-state index contributed by atoms with van der Waals surface area (Å²) in [5.41, 5.74) is 7.23.